The van der Waals surface area contributed by atoms with Gasteiger partial charge in [0.25, 0.3) is 0 Å². The topological polar surface area (TPSA) is 38.3 Å². The van der Waals surface area contributed by atoms with Crippen molar-refractivity contribution in [2.75, 3.05) is 12.4 Å². The Hall–Kier alpha value is -2.26. The Morgan fingerprint density at radius 1 is 1.18 bits per heavy atom. The molecule has 22 heavy (non-hydrogen) atoms. The number of nitrogens with one attached hydrogen (secondary N) is 1. The zero-order chi connectivity index (χ0) is 16.1. The third-order valence-corrected chi connectivity index (χ3v) is 3.51. The molecule has 0 atom stereocenters. The van der Waals surface area contributed by atoms with Crippen LogP contribution in [0.5, 0.6) is 5.75 Å². The minimum atomic E-state index is -0.0728. The highest BCUT2D eigenvalue weighted by atomic mass is 35.5. The van der Waals surface area contributed by atoms with Crippen molar-refractivity contribution in [3.63, 3.8) is 0 Å². The number of allylic oxidation sites excluding steroid dienone is 2. The van der Waals surface area contributed by atoms with E-state index in [1.165, 1.54) is 0 Å². The number of benzene rings is 2. The number of carbonyl (C=O) groups excluding carboxylic acids is 1. The number of anilines is 1. The van der Waals surface area contributed by atoms with E-state index < -0.39 is 0 Å². The summed E-state index contributed by atoms with van der Waals surface area (Å²) in [5.74, 6) is 0.651. The molecule has 0 heterocycles. The van der Waals surface area contributed by atoms with E-state index in [9.17, 15) is 4.79 Å². The number of aryl methyl sites for hydroxylation is 1. The normalized spacial score (nSPS) is 11.2. The fourth-order valence-electron chi connectivity index (χ4n) is 2.02. The molecule has 2 rings (SSSR count). The summed E-state index contributed by atoms with van der Waals surface area (Å²) in [6, 6.07) is 12.7. The Labute approximate surface area is 135 Å². The van der Waals surface area contributed by atoms with E-state index in [2.05, 4.69) is 5.32 Å². The van der Waals surface area contributed by atoms with Gasteiger partial charge < -0.3 is 10.1 Å². The molecule has 0 bridgehead atoms. The second-order valence-corrected chi connectivity index (χ2v) is 5.44. The maximum absolute atomic E-state index is 12.2. The lowest BCUT2D eigenvalue weighted by Gasteiger charge is -2.09. The van der Waals surface area contributed by atoms with Crippen molar-refractivity contribution in [2.24, 2.45) is 0 Å². The highest BCUT2D eigenvalue weighted by Crippen LogP contribution is 2.24. The molecule has 114 valence electrons. The van der Waals surface area contributed by atoms with Crippen molar-refractivity contribution in [3.05, 3.63) is 70.4 Å². The molecule has 0 aliphatic carbocycles. The molecule has 2 aromatic carbocycles. The lowest BCUT2D eigenvalue weighted by molar-refractivity contribution is 0.104. The highest BCUT2D eigenvalue weighted by molar-refractivity contribution is 6.33. The number of halogens is 1. The number of methoxy groups -OCH3 is 1. The second-order valence-electron chi connectivity index (χ2n) is 5.03. The summed E-state index contributed by atoms with van der Waals surface area (Å²) in [6.07, 6.45) is 1.56. The predicted molar refractivity (Wildman–Crippen MR) is 90.9 cm³/mol. The molecule has 0 amide bonds. The van der Waals surface area contributed by atoms with Crippen LogP contribution in [0.3, 0.4) is 0 Å². The minimum absolute atomic E-state index is 0.0728. The Balaban J connectivity index is 2.13. The maximum atomic E-state index is 12.2. The first kappa shape index (κ1) is 16.1. The van der Waals surface area contributed by atoms with E-state index in [0.717, 1.165) is 22.7 Å². The molecule has 0 spiro atoms. The summed E-state index contributed by atoms with van der Waals surface area (Å²) >= 11 is 6.14. The predicted octanol–water partition coefficient (Wildman–Crippen LogP) is 4.86. The lowest BCUT2D eigenvalue weighted by atomic mass is 10.1. The van der Waals surface area contributed by atoms with E-state index >= 15 is 0 Å². The number of hydrogen-bond donors (Lipinski definition) is 1. The summed E-state index contributed by atoms with van der Waals surface area (Å²) in [5.41, 5.74) is 3.23. The van der Waals surface area contributed by atoms with Crippen molar-refractivity contribution >= 4 is 23.1 Å². The lowest BCUT2D eigenvalue weighted by Crippen LogP contribution is -2.02. The van der Waals surface area contributed by atoms with Crippen LogP contribution in [0.1, 0.15) is 22.8 Å². The first-order valence-corrected chi connectivity index (χ1v) is 7.27. The fourth-order valence-corrected chi connectivity index (χ4v) is 2.18. The van der Waals surface area contributed by atoms with Crippen LogP contribution in [0.4, 0.5) is 5.69 Å². The van der Waals surface area contributed by atoms with E-state index in [1.807, 2.05) is 32.0 Å². The smallest absolute Gasteiger partial charge is 0.187 e. The molecule has 0 aromatic heterocycles. The molecule has 0 fully saturated rings. The summed E-state index contributed by atoms with van der Waals surface area (Å²) in [5, 5.41) is 3.78. The molecule has 0 unspecified atom stereocenters. The van der Waals surface area contributed by atoms with E-state index in [1.54, 1.807) is 37.5 Å². The Bertz CT molecular complexity index is 706. The minimum Gasteiger partial charge on any atom is -0.497 e. The van der Waals surface area contributed by atoms with Crippen LogP contribution in [-0.2, 0) is 0 Å². The van der Waals surface area contributed by atoms with Crippen LogP contribution < -0.4 is 10.1 Å². The first-order chi connectivity index (χ1) is 10.5. The fraction of sp³-hybridized carbons (Fsp3) is 0.167. The SMILES string of the molecule is COc1ccc(C(=O)C=C(C)Nc2cc(C)ccc2Cl)cc1. The molecule has 3 nitrogen and oxygen atoms in total. The van der Waals surface area contributed by atoms with Crippen LogP contribution in [0.2, 0.25) is 5.02 Å². The van der Waals surface area contributed by atoms with Gasteiger partial charge in [0.2, 0.25) is 0 Å². The molecular weight excluding hydrogens is 298 g/mol. The van der Waals surface area contributed by atoms with Gasteiger partial charge in [0, 0.05) is 17.3 Å². The Morgan fingerprint density at radius 3 is 2.50 bits per heavy atom. The molecule has 4 heteroatoms. The van der Waals surface area contributed by atoms with Crippen molar-refractivity contribution in [2.45, 2.75) is 13.8 Å². The summed E-state index contributed by atoms with van der Waals surface area (Å²) < 4.78 is 5.08. The van der Waals surface area contributed by atoms with Gasteiger partial charge in [-0.15, -0.1) is 0 Å². The molecule has 1 N–H and O–H groups in total. The zero-order valence-corrected chi connectivity index (χ0v) is 13.6. The van der Waals surface area contributed by atoms with E-state index in [4.69, 9.17) is 16.3 Å². The third kappa shape index (κ3) is 4.12. The van der Waals surface area contributed by atoms with Crippen LogP contribution in [0.25, 0.3) is 0 Å². The Kier molecular flexibility index (Phi) is 5.23. The second kappa shape index (κ2) is 7.14. The molecule has 0 aliphatic rings. The number of ether oxygens (including phenoxy) is 1. The molecule has 0 aliphatic heterocycles. The average Bonchev–Trinajstić information content (AvgIpc) is 2.51. The Morgan fingerprint density at radius 2 is 1.86 bits per heavy atom. The van der Waals surface area contributed by atoms with Gasteiger partial charge in [-0.05, 0) is 55.8 Å². The van der Waals surface area contributed by atoms with Crippen LogP contribution in [0.15, 0.2) is 54.2 Å². The van der Waals surface area contributed by atoms with Crippen molar-refractivity contribution in [1.82, 2.24) is 0 Å². The van der Waals surface area contributed by atoms with E-state index in [-0.39, 0.29) is 5.78 Å². The van der Waals surface area contributed by atoms with Crippen molar-refractivity contribution in [3.8, 4) is 5.75 Å². The van der Waals surface area contributed by atoms with Crippen molar-refractivity contribution in [1.29, 1.82) is 0 Å². The first-order valence-electron chi connectivity index (χ1n) is 6.89. The van der Waals surface area contributed by atoms with Gasteiger partial charge >= 0.3 is 0 Å². The van der Waals surface area contributed by atoms with Crippen LogP contribution in [-0.4, -0.2) is 12.9 Å². The number of ketones is 1. The zero-order valence-electron chi connectivity index (χ0n) is 12.8. The molecular formula is C18H18ClNO2. The van der Waals surface area contributed by atoms with Gasteiger partial charge in [0.15, 0.2) is 5.78 Å². The maximum Gasteiger partial charge on any atom is 0.187 e. The standard InChI is InChI=1S/C18H18ClNO2/c1-12-4-9-16(19)17(10-12)20-13(2)11-18(21)14-5-7-15(22-3)8-6-14/h4-11,20H,1-3H3. The number of hydrogen-bond acceptors (Lipinski definition) is 3. The van der Waals surface area contributed by atoms with Crippen LogP contribution in [0, 0.1) is 6.92 Å². The van der Waals surface area contributed by atoms with Gasteiger partial charge in [-0.3, -0.25) is 4.79 Å². The summed E-state index contributed by atoms with van der Waals surface area (Å²) in [7, 11) is 1.59. The van der Waals surface area contributed by atoms with Crippen molar-refractivity contribution < 1.29 is 9.53 Å². The molecule has 2 aromatic rings. The highest BCUT2D eigenvalue weighted by Gasteiger charge is 2.05. The van der Waals surface area contributed by atoms with Crippen LogP contribution >= 0.6 is 11.6 Å². The van der Waals surface area contributed by atoms with Gasteiger partial charge in [-0.2, -0.15) is 0 Å². The van der Waals surface area contributed by atoms with Gasteiger partial charge in [-0.25, -0.2) is 0 Å². The largest absolute Gasteiger partial charge is 0.497 e. The summed E-state index contributed by atoms with van der Waals surface area (Å²) in [6.45, 7) is 3.82. The number of rotatable bonds is 5. The molecule has 0 saturated heterocycles. The molecule has 0 radical (unpaired) electrons. The number of carbonyl (C=O) groups is 1. The third-order valence-electron chi connectivity index (χ3n) is 3.18. The monoisotopic (exact) mass is 315 g/mol. The van der Waals surface area contributed by atoms with Gasteiger partial charge in [-0.1, -0.05) is 17.7 Å². The van der Waals surface area contributed by atoms with E-state index in [0.29, 0.717) is 10.6 Å². The van der Waals surface area contributed by atoms with Gasteiger partial charge in [0.1, 0.15) is 5.75 Å². The average molecular weight is 316 g/mol. The molecule has 0 saturated carbocycles. The summed E-state index contributed by atoms with van der Waals surface area (Å²) in [4.78, 5) is 12.2. The quantitative estimate of drug-likeness (QED) is 0.633. The van der Waals surface area contributed by atoms with Gasteiger partial charge in [0.05, 0.1) is 17.8 Å².